The number of aromatic nitrogens is 1. The van der Waals surface area contributed by atoms with Gasteiger partial charge in [-0.25, -0.2) is 13.4 Å². The van der Waals surface area contributed by atoms with E-state index in [1.54, 1.807) is 0 Å². The average Bonchev–Trinajstić information content (AvgIpc) is 2.59. The van der Waals surface area contributed by atoms with Gasteiger partial charge in [0.1, 0.15) is 10.8 Å². The Balaban J connectivity index is 2.94. The van der Waals surface area contributed by atoms with E-state index >= 15 is 0 Å². The van der Waals surface area contributed by atoms with Crippen molar-refractivity contribution in [2.24, 2.45) is 5.73 Å². The van der Waals surface area contributed by atoms with Crippen LogP contribution < -0.4 is 5.73 Å². The van der Waals surface area contributed by atoms with Crippen LogP contribution in [-0.4, -0.2) is 19.2 Å². The zero-order valence-electron chi connectivity index (χ0n) is 10.6. The summed E-state index contributed by atoms with van der Waals surface area (Å²) in [6.45, 7) is 6.38. The maximum Gasteiger partial charge on any atom is 0.156 e. The summed E-state index contributed by atoms with van der Waals surface area (Å²) < 4.78 is 23.4. The molecule has 0 fully saturated rings. The zero-order chi connectivity index (χ0) is 13.1. The van der Waals surface area contributed by atoms with Gasteiger partial charge in [-0.05, 0) is 12.3 Å². The lowest BCUT2D eigenvalue weighted by Gasteiger charge is -2.01. The Bertz CT molecular complexity index is 464. The van der Waals surface area contributed by atoms with E-state index in [0.717, 1.165) is 10.6 Å². The van der Waals surface area contributed by atoms with Crippen molar-refractivity contribution in [2.45, 2.75) is 45.4 Å². The SMILES string of the molecule is CCCS(=O)(=O)Cc1nc(C(C)C)c(CN)s1. The van der Waals surface area contributed by atoms with Crippen LogP contribution in [0.1, 0.15) is 48.7 Å². The second-order valence-electron chi connectivity index (χ2n) is 4.37. The van der Waals surface area contributed by atoms with Crippen molar-refractivity contribution in [3.05, 3.63) is 15.6 Å². The maximum absolute atomic E-state index is 11.7. The van der Waals surface area contributed by atoms with Gasteiger partial charge in [-0.3, -0.25) is 0 Å². The first kappa shape index (κ1) is 14.6. The molecule has 0 unspecified atom stereocenters. The van der Waals surface area contributed by atoms with Crippen molar-refractivity contribution in [2.75, 3.05) is 5.75 Å². The van der Waals surface area contributed by atoms with E-state index in [0.29, 0.717) is 18.0 Å². The molecule has 1 aromatic heterocycles. The highest BCUT2D eigenvalue weighted by molar-refractivity contribution is 7.90. The van der Waals surface area contributed by atoms with Crippen LogP contribution in [0.5, 0.6) is 0 Å². The highest BCUT2D eigenvalue weighted by atomic mass is 32.2. The van der Waals surface area contributed by atoms with Crippen LogP contribution in [0.15, 0.2) is 0 Å². The Morgan fingerprint density at radius 2 is 2.06 bits per heavy atom. The van der Waals surface area contributed by atoms with E-state index in [4.69, 9.17) is 5.73 Å². The van der Waals surface area contributed by atoms with Gasteiger partial charge in [0.2, 0.25) is 0 Å². The van der Waals surface area contributed by atoms with E-state index in [2.05, 4.69) is 4.98 Å². The molecule has 0 aromatic carbocycles. The third kappa shape index (κ3) is 4.04. The van der Waals surface area contributed by atoms with Crippen LogP contribution >= 0.6 is 11.3 Å². The fourth-order valence-corrected chi connectivity index (χ4v) is 4.52. The largest absolute Gasteiger partial charge is 0.326 e. The molecule has 98 valence electrons. The fraction of sp³-hybridized carbons (Fsp3) is 0.727. The molecule has 2 N–H and O–H groups in total. The lowest BCUT2D eigenvalue weighted by atomic mass is 10.1. The van der Waals surface area contributed by atoms with Gasteiger partial charge in [0, 0.05) is 11.4 Å². The monoisotopic (exact) mass is 276 g/mol. The van der Waals surface area contributed by atoms with Gasteiger partial charge in [-0.1, -0.05) is 20.8 Å². The van der Waals surface area contributed by atoms with E-state index in [9.17, 15) is 8.42 Å². The number of nitrogens with two attached hydrogens (primary N) is 1. The van der Waals surface area contributed by atoms with E-state index in [-0.39, 0.29) is 17.4 Å². The molecule has 0 spiro atoms. The molecule has 0 saturated heterocycles. The Labute approximate surface area is 107 Å². The number of sulfone groups is 1. The quantitative estimate of drug-likeness (QED) is 0.863. The highest BCUT2D eigenvalue weighted by Crippen LogP contribution is 2.26. The molecular weight excluding hydrogens is 256 g/mol. The summed E-state index contributed by atoms with van der Waals surface area (Å²) in [7, 11) is -3.01. The molecule has 1 rings (SSSR count). The molecule has 0 aliphatic carbocycles. The van der Waals surface area contributed by atoms with Crippen LogP contribution in [0.4, 0.5) is 0 Å². The first-order valence-electron chi connectivity index (χ1n) is 5.78. The van der Waals surface area contributed by atoms with Gasteiger partial charge < -0.3 is 5.73 Å². The standard InChI is InChI=1S/C11H20N2O2S2/c1-4-5-17(14,15)7-10-13-11(8(2)3)9(6-12)16-10/h8H,4-7,12H2,1-3H3. The minimum atomic E-state index is -3.01. The molecular formula is C11H20N2O2S2. The molecule has 0 saturated carbocycles. The summed E-state index contributed by atoms with van der Waals surface area (Å²) in [4.78, 5) is 5.41. The highest BCUT2D eigenvalue weighted by Gasteiger charge is 2.18. The summed E-state index contributed by atoms with van der Waals surface area (Å²) in [6, 6.07) is 0. The Kier molecular flexibility index (Phi) is 5.09. The van der Waals surface area contributed by atoms with E-state index in [1.807, 2.05) is 20.8 Å². The first-order chi connectivity index (χ1) is 7.89. The summed E-state index contributed by atoms with van der Waals surface area (Å²) in [5, 5.41) is 0.669. The van der Waals surface area contributed by atoms with Crippen LogP contribution in [0.3, 0.4) is 0 Å². The van der Waals surface area contributed by atoms with Gasteiger partial charge in [-0.2, -0.15) is 0 Å². The second kappa shape index (κ2) is 5.93. The van der Waals surface area contributed by atoms with Gasteiger partial charge in [0.15, 0.2) is 9.84 Å². The molecule has 4 nitrogen and oxygen atoms in total. The predicted octanol–water partition coefficient (Wildman–Crippen LogP) is 2.05. The summed E-state index contributed by atoms with van der Waals surface area (Å²) in [6.07, 6.45) is 0.647. The minimum Gasteiger partial charge on any atom is -0.326 e. The molecule has 0 amide bonds. The molecule has 1 heterocycles. The van der Waals surface area contributed by atoms with Crippen molar-refractivity contribution in [3.8, 4) is 0 Å². The molecule has 6 heteroatoms. The van der Waals surface area contributed by atoms with Crippen molar-refractivity contribution in [3.63, 3.8) is 0 Å². The Morgan fingerprint density at radius 3 is 2.47 bits per heavy atom. The fourth-order valence-electron chi connectivity index (χ4n) is 1.64. The molecule has 1 aromatic rings. The first-order valence-corrected chi connectivity index (χ1v) is 8.42. The Morgan fingerprint density at radius 1 is 1.41 bits per heavy atom. The Hall–Kier alpha value is -0.460. The van der Waals surface area contributed by atoms with Crippen molar-refractivity contribution < 1.29 is 8.42 Å². The minimum absolute atomic E-state index is 0.0469. The molecule has 0 bridgehead atoms. The molecule has 0 aliphatic rings. The van der Waals surface area contributed by atoms with E-state index < -0.39 is 9.84 Å². The number of rotatable bonds is 6. The van der Waals surface area contributed by atoms with Gasteiger partial charge in [0.25, 0.3) is 0 Å². The number of nitrogens with zero attached hydrogens (tertiary/aromatic N) is 1. The van der Waals surface area contributed by atoms with E-state index in [1.165, 1.54) is 11.3 Å². The third-order valence-electron chi connectivity index (χ3n) is 2.36. The number of hydrogen-bond donors (Lipinski definition) is 1. The van der Waals surface area contributed by atoms with Crippen molar-refractivity contribution in [1.29, 1.82) is 0 Å². The topological polar surface area (TPSA) is 73.0 Å². The van der Waals surface area contributed by atoms with Crippen molar-refractivity contribution >= 4 is 21.2 Å². The van der Waals surface area contributed by atoms with Gasteiger partial charge in [-0.15, -0.1) is 11.3 Å². The number of thiazole rings is 1. The van der Waals surface area contributed by atoms with Crippen LogP contribution in [0.2, 0.25) is 0 Å². The molecule has 0 aliphatic heterocycles. The van der Waals surface area contributed by atoms with Crippen LogP contribution in [-0.2, 0) is 22.1 Å². The third-order valence-corrected chi connectivity index (χ3v) is 5.38. The van der Waals surface area contributed by atoms with Crippen LogP contribution in [0, 0.1) is 0 Å². The maximum atomic E-state index is 11.7. The summed E-state index contributed by atoms with van der Waals surface area (Å²) >= 11 is 1.43. The smallest absolute Gasteiger partial charge is 0.156 e. The van der Waals surface area contributed by atoms with Gasteiger partial charge in [0.05, 0.1) is 11.4 Å². The summed E-state index contributed by atoms with van der Waals surface area (Å²) in [5.41, 5.74) is 6.59. The van der Waals surface area contributed by atoms with Gasteiger partial charge >= 0.3 is 0 Å². The second-order valence-corrected chi connectivity index (χ2v) is 7.72. The lowest BCUT2D eigenvalue weighted by Crippen LogP contribution is -2.08. The average molecular weight is 276 g/mol. The normalized spacial score (nSPS) is 12.3. The molecule has 17 heavy (non-hydrogen) atoms. The molecule has 0 atom stereocenters. The zero-order valence-corrected chi connectivity index (χ0v) is 12.2. The molecule has 0 radical (unpaired) electrons. The number of hydrogen-bond acceptors (Lipinski definition) is 5. The van der Waals surface area contributed by atoms with Crippen LogP contribution in [0.25, 0.3) is 0 Å². The van der Waals surface area contributed by atoms with Crippen molar-refractivity contribution in [1.82, 2.24) is 4.98 Å². The lowest BCUT2D eigenvalue weighted by molar-refractivity contribution is 0.593. The summed E-state index contributed by atoms with van der Waals surface area (Å²) in [5.74, 6) is 0.555. The predicted molar refractivity (Wildman–Crippen MR) is 71.9 cm³/mol.